The maximum absolute atomic E-state index is 12.4. The number of rotatable bonds is 3. The van der Waals surface area contributed by atoms with Gasteiger partial charge < -0.3 is 0 Å². The number of fused-ring (bicyclic) bond motifs is 1. The van der Waals surface area contributed by atoms with Crippen LogP contribution >= 0.6 is 23.2 Å². The zero-order chi connectivity index (χ0) is 15.0. The first-order valence-electron chi connectivity index (χ1n) is 6.50. The van der Waals surface area contributed by atoms with E-state index in [1.165, 1.54) is 29.3 Å². The molecule has 0 fully saturated rings. The summed E-state index contributed by atoms with van der Waals surface area (Å²) in [7, 11) is -3.65. The van der Waals surface area contributed by atoms with E-state index >= 15 is 0 Å². The average molecular weight is 342 g/mol. The van der Waals surface area contributed by atoms with Crippen molar-refractivity contribution in [2.24, 2.45) is 0 Å². The van der Waals surface area contributed by atoms with Gasteiger partial charge in [-0.05, 0) is 42.2 Å². The molecule has 0 bridgehead atoms. The maximum Gasteiger partial charge on any atom is 0.242 e. The van der Waals surface area contributed by atoms with Crippen molar-refractivity contribution in [3.8, 4) is 0 Å². The fraction of sp³-hybridized carbons (Fsp3) is 0.200. The summed E-state index contributed by atoms with van der Waals surface area (Å²) in [6.45, 7) is 0. The van der Waals surface area contributed by atoms with Gasteiger partial charge in [-0.3, -0.25) is 0 Å². The Morgan fingerprint density at radius 1 is 1.00 bits per heavy atom. The highest BCUT2D eigenvalue weighted by molar-refractivity contribution is 7.89. The third kappa shape index (κ3) is 3.09. The van der Waals surface area contributed by atoms with Gasteiger partial charge in [0, 0.05) is 11.1 Å². The minimum atomic E-state index is -3.65. The van der Waals surface area contributed by atoms with Gasteiger partial charge in [0.05, 0.1) is 5.02 Å². The van der Waals surface area contributed by atoms with Gasteiger partial charge in [0.2, 0.25) is 10.0 Å². The topological polar surface area (TPSA) is 46.2 Å². The van der Waals surface area contributed by atoms with Crippen LogP contribution in [0.5, 0.6) is 0 Å². The molecule has 0 heterocycles. The second-order valence-electron chi connectivity index (χ2n) is 5.07. The minimum absolute atomic E-state index is 0.0597. The Morgan fingerprint density at radius 2 is 1.62 bits per heavy atom. The first-order valence-corrected chi connectivity index (χ1v) is 8.74. The molecule has 2 aromatic carbocycles. The number of nitrogens with one attached hydrogen (secondary N) is 1. The third-order valence-corrected chi connectivity index (χ3v) is 5.79. The molecule has 0 radical (unpaired) electrons. The van der Waals surface area contributed by atoms with Crippen molar-refractivity contribution in [3.05, 3.63) is 63.6 Å². The molecule has 3 rings (SSSR count). The molecule has 2 aromatic rings. The Bertz CT molecular complexity index is 765. The van der Waals surface area contributed by atoms with Crippen molar-refractivity contribution in [3.63, 3.8) is 0 Å². The smallest absolute Gasteiger partial charge is 0.207 e. The molecule has 6 heteroatoms. The van der Waals surface area contributed by atoms with Crippen molar-refractivity contribution in [1.29, 1.82) is 0 Å². The second kappa shape index (κ2) is 5.61. The van der Waals surface area contributed by atoms with Crippen LogP contribution in [0.25, 0.3) is 0 Å². The molecule has 0 atom stereocenters. The summed E-state index contributed by atoms with van der Waals surface area (Å²) >= 11 is 11.8. The first kappa shape index (κ1) is 14.9. The molecular weight excluding hydrogens is 329 g/mol. The highest BCUT2D eigenvalue weighted by Crippen LogP contribution is 2.27. The lowest BCUT2D eigenvalue weighted by molar-refractivity contribution is 0.555. The molecule has 1 N–H and O–H groups in total. The summed E-state index contributed by atoms with van der Waals surface area (Å²) < 4.78 is 27.6. The SMILES string of the molecule is O=S(=O)(NC1Cc2ccccc2C1)c1ccc(Cl)cc1Cl. The zero-order valence-electron chi connectivity index (χ0n) is 11.0. The molecule has 0 saturated carbocycles. The molecule has 0 spiro atoms. The molecule has 0 unspecified atom stereocenters. The van der Waals surface area contributed by atoms with E-state index in [1.54, 1.807) is 0 Å². The normalized spacial score (nSPS) is 15.1. The quantitative estimate of drug-likeness (QED) is 0.929. The van der Waals surface area contributed by atoms with E-state index in [9.17, 15) is 8.42 Å². The highest BCUT2D eigenvalue weighted by Gasteiger charge is 2.27. The fourth-order valence-electron chi connectivity index (χ4n) is 2.62. The molecule has 1 aliphatic carbocycles. The number of halogens is 2. The van der Waals surface area contributed by atoms with Gasteiger partial charge in [0.1, 0.15) is 4.90 Å². The van der Waals surface area contributed by atoms with Gasteiger partial charge in [-0.2, -0.15) is 0 Å². The molecule has 0 saturated heterocycles. The molecule has 21 heavy (non-hydrogen) atoms. The molecule has 0 aliphatic heterocycles. The van der Waals surface area contributed by atoms with Crippen molar-refractivity contribution in [2.75, 3.05) is 0 Å². The summed E-state index contributed by atoms with van der Waals surface area (Å²) in [5.41, 5.74) is 2.37. The van der Waals surface area contributed by atoms with Gasteiger partial charge in [-0.15, -0.1) is 0 Å². The van der Waals surface area contributed by atoms with Crippen LogP contribution in [0.15, 0.2) is 47.4 Å². The van der Waals surface area contributed by atoms with E-state index < -0.39 is 10.0 Å². The van der Waals surface area contributed by atoms with Crippen LogP contribution in [-0.2, 0) is 22.9 Å². The van der Waals surface area contributed by atoms with Crippen molar-refractivity contribution >= 4 is 33.2 Å². The predicted octanol–water partition coefficient (Wildman–Crippen LogP) is 3.44. The van der Waals surface area contributed by atoms with Gasteiger partial charge in [0.25, 0.3) is 0 Å². The lowest BCUT2D eigenvalue weighted by Gasteiger charge is -2.13. The summed E-state index contributed by atoms with van der Waals surface area (Å²) in [5.74, 6) is 0. The Morgan fingerprint density at radius 3 is 2.19 bits per heavy atom. The molecule has 1 aliphatic rings. The van der Waals surface area contributed by atoms with Gasteiger partial charge >= 0.3 is 0 Å². The number of benzene rings is 2. The molecule has 0 amide bonds. The van der Waals surface area contributed by atoms with Crippen LogP contribution in [0, 0.1) is 0 Å². The van der Waals surface area contributed by atoms with Crippen molar-refractivity contribution in [1.82, 2.24) is 4.72 Å². The Hall–Kier alpha value is -1.07. The summed E-state index contributed by atoms with van der Waals surface area (Å²) in [6.07, 6.45) is 1.39. The Kier molecular flexibility index (Phi) is 3.97. The lowest BCUT2D eigenvalue weighted by atomic mass is 10.1. The zero-order valence-corrected chi connectivity index (χ0v) is 13.3. The van der Waals surface area contributed by atoms with Crippen LogP contribution in [-0.4, -0.2) is 14.5 Å². The van der Waals surface area contributed by atoms with Crippen LogP contribution in [0.3, 0.4) is 0 Å². The maximum atomic E-state index is 12.4. The Balaban J connectivity index is 1.82. The number of hydrogen-bond acceptors (Lipinski definition) is 2. The van der Waals surface area contributed by atoms with Crippen LogP contribution in [0.2, 0.25) is 10.0 Å². The number of sulfonamides is 1. The van der Waals surface area contributed by atoms with E-state index in [2.05, 4.69) is 4.72 Å². The van der Waals surface area contributed by atoms with Gasteiger partial charge in [-0.25, -0.2) is 13.1 Å². The summed E-state index contributed by atoms with van der Waals surface area (Å²) in [4.78, 5) is 0.0597. The fourth-order valence-corrected chi connectivity index (χ4v) is 4.63. The second-order valence-corrected chi connectivity index (χ2v) is 7.60. The predicted molar refractivity (Wildman–Crippen MR) is 84.4 cm³/mol. The molecule has 0 aromatic heterocycles. The van der Waals surface area contributed by atoms with Crippen LogP contribution in [0.1, 0.15) is 11.1 Å². The van der Waals surface area contributed by atoms with E-state index in [0.29, 0.717) is 17.9 Å². The third-order valence-electron chi connectivity index (χ3n) is 3.56. The largest absolute Gasteiger partial charge is 0.242 e. The van der Waals surface area contributed by atoms with Crippen LogP contribution < -0.4 is 4.72 Å². The van der Waals surface area contributed by atoms with E-state index in [-0.39, 0.29) is 16.0 Å². The first-order chi connectivity index (χ1) is 9.95. The minimum Gasteiger partial charge on any atom is -0.207 e. The molecule has 3 nitrogen and oxygen atoms in total. The van der Waals surface area contributed by atoms with E-state index in [0.717, 1.165) is 0 Å². The highest BCUT2D eigenvalue weighted by atomic mass is 35.5. The van der Waals surface area contributed by atoms with Gasteiger partial charge in [0.15, 0.2) is 0 Å². The van der Waals surface area contributed by atoms with E-state index in [1.807, 2.05) is 24.3 Å². The van der Waals surface area contributed by atoms with Crippen LogP contribution in [0.4, 0.5) is 0 Å². The Labute approximate surface area is 133 Å². The summed E-state index contributed by atoms with van der Waals surface area (Å²) in [5, 5.41) is 0.540. The van der Waals surface area contributed by atoms with Crippen molar-refractivity contribution < 1.29 is 8.42 Å². The molecule has 110 valence electrons. The standard InChI is InChI=1S/C15H13Cl2NO2S/c16-12-5-6-15(14(17)9-12)21(19,20)18-13-7-10-3-1-2-4-11(10)8-13/h1-6,9,13,18H,7-8H2. The molecular formula is C15H13Cl2NO2S. The number of hydrogen-bond donors (Lipinski definition) is 1. The van der Waals surface area contributed by atoms with Crippen molar-refractivity contribution in [2.45, 2.75) is 23.8 Å². The average Bonchev–Trinajstić information content (AvgIpc) is 2.79. The van der Waals surface area contributed by atoms with Gasteiger partial charge in [-0.1, -0.05) is 47.5 Å². The van der Waals surface area contributed by atoms with E-state index in [4.69, 9.17) is 23.2 Å². The monoisotopic (exact) mass is 341 g/mol. The summed E-state index contributed by atoms with van der Waals surface area (Å²) in [6, 6.07) is 12.2. The lowest BCUT2D eigenvalue weighted by Crippen LogP contribution is -2.35.